The van der Waals surface area contributed by atoms with Crippen LogP contribution in [0.3, 0.4) is 0 Å². The molecule has 2 aliphatic rings. The van der Waals surface area contributed by atoms with Crippen molar-refractivity contribution in [3.05, 3.63) is 36.5 Å². The number of hydrogen-bond donors (Lipinski definition) is 1. The van der Waals surface area contributed by atoms with E-state index < -0.39 is 5.97 Å². The maximum absolute atomic E-state index is 10.4. The molecule has 0 radical (unpaired) electrons. The van der Waals surface area contributed by atoms with E-state index in [0.717, 1.165) is 25.7 Å². The number of carbonyl (C=O) groups is 1. The highest BCUT2D eigenvalue weighted by Gasteiger charge is 2.41. The molecule has 2 saturated carbocycles. The largest absolute Gasteiger partial charge is 0.481 e. The van der Waals surface area contributed by atoms with E-state index in [2.05, 4.69) is 43.4 Å². The number of allylic oxidation sites excluding steroid dienone is 6. The summed E-state index contributed by atoms with van der Waals surface area (Å²) in [5, 5.41) is 8.59. The summed E-state index contributed by atoms with van der Waals surface area (Å²) in [6.45, 7) is 2.20. The highest BCUT2D eigenvalue weighted by molar-refractivity contribution is 5.66. The SMILES string of the molecule is CC/C=C/C1(/C=C/C2(/C=C/CCCCCCCC(=O)O)CC2)CC1. The zero-order valence-electron chi connectivity index (χ0n) is 15.3. The van der Waals surface area contributed by atoms with Crippen LogP contribution in [0.4, 0.5) is 0 Å². The third-order valence-electron chi connectivity index (χ3n) is 5.30. The van der Waals surface area contributed by atoms with Crippen LogP contribution in [0.2, 0.25) is 0 Å². The topological polar surface area (TPSA) is 37.3 Å². The van der Waals surface area contributed by atoms with E-state index in [1.807, 2.05) is 0 Å². The van der Waals surface area contributed by atoms with Gasteiger partial charge in [0.2, 0.25) is 0 Å². The van der Waals surface area contributed by atoms with Gasteiger partial charge in [0, 0.05) is 17.3 Å². The number of aliphatic carboxylic acids is 1. The second kappa shape index (κ2) is 9.25. The molecule has 0 aliphatic heterocycles. The van der Waals surface area contributed by atoms with Crippen LogP contribution in [0.1, 0.15) is 84.0 Å². The number of unbranched alkanes of at least 4 members (excludes halogenated alkanes) is 5. The first-order chi connectivity index (χ1) is 11.6. The predicted octanol–water partition coefficient (Wildman–Crippen LogP) is 6.44. The van der Waals surface area contributed by atoms with E-state index in [-0.39, 0.29) is 0 Å². The molecule has 0 saturated heterocycles. The molecule has 0 unspecified atom stereocenters. The second-order valence-electron chi connectivity index (χ2n) is 7.71. The van der Waals surface area contributed by atoms with Crippen LogP contribution in [0.15, 0.2) is 36.5 Å². The Morgan fingerprint density at radius 1 is 0.833 bits per heavy atom. The van der Waals surface area contributed by atoms with Crippen LogP contribution in [0.25, 0.3) is 0 Å². The summed E-state index contributed by atoms with van der Waals surface area (Å²) < 4.78 is 0. The molecule has 0 aromatic carbocycles. The molecule has 1 N–H and O–H groups in total. The van der Waals surface area contributed by atoms with Crippen LogP contribution in [-0.4, -0.2) is 11.1 Å². The fourth-order valence-electron chi connectivity index (χ4n) is 3.14. The molecule has 0 atom stereocenters. The molecule has 0 heterocycles. The first-order valence-corrected chi connectivity index (χ1v) is 9.87. The van der Waals surface area contributed by atoms with E-state index in [1.165, 1.54) is 44.9 Å². The summed E-state index contributed by atoms with van der Waals surface area (Å²) in [4.78, 5) is 10.4. The Hall–Kier alpha value is -1.31. The van der Waals surface area contributed by atoms with Gasteiger partial charge in [-0.25, -0.2) is 0 Å². The molecule has 134 valence electrons. The molecule has 0 bridgehead atoms. The van der Waals surface area contributed by atoms with E-state index in [4.69, 9.17) is 5.11 Å². The Bertz CT molecular complexity index is 476. The van der Waals surface area contributed by atoms with Gasteiger partial charge in [-0.1, -0.05) is 62.6 Å². The Kier molecular flexibility index (Phi) is 7.33. The van der Waals surface area contributed by atoms with Gasteiger partial charge in [0.1, 0.15) is 0 Å². The molecule has 0 aromatic heterocycles. The molecule has 2 heteroatoms. The minimum Gasteiger partial charge on any atom is -0.481 e. The lowest BCUT2D eigenvalue weighted by molar-refractivity contribution is -0.137. The number of rotatable bonds is 13. The fourth-order valence-corrected chi connectivity index (χ4v) is 3.14. The first kappa shape index (κ1) is 19.0. The van der Waals surface area contributed by atoms with Gasteiger partial charge in [-0.15, -0.1) is 0 Å². The van der Waals surface area contributed by atoms with Gasteiger partial charge in [-0.05, 0) is 51.4 Å². The lowest BCUT2D eigenvalue weighted by Gasteiger charge is -2.07. The average Bonchev–Trinajstić information content (AvgIpc) is 3.47. The maximum atomic E-state index is 10.4. The summed E-state index contributed by atoms with van der Waals surface area (Å²) in [5.74, 6) is -0.668. The minimum atomic E-state index is -0.668. The molecule has 0 amide bonds. The third-order valence-corrected chi connectivity index (χ3v) is 5.30. The van der Waals surface area contributed by atoms with Crippen molar-refractivity contribution in [3.63, 3.8) is 0 Å². The van der Waals surface area contributed by atoms with E-state index in [9.17, 15) is 4.79 Å². The molecule has 24 heavy (non-hydrogen) atoms. The van der Waals surface area contributed by atoms with Crippen LogP contribution in [-0.2, 0) is 4.79 Å². The standard InChI is InChI=1S/C22H34O2/c1-2-3-12-21(14-15-21)16-17-22(18-19-22)13-10-8-6-4-5-7-9-11-20(23)24/h3,10,12-13,16-17H,2,4-9,11,14-15,18-19H2,1H3,(H,23,24)/b12-3+,13-10+,17-16+. The van der Waals surface area contributed by atoms with Gasteiger partial charge in [0.15, 0.2) is 0 Å². The molecule has 2 rings (SSSR count). The molecule has 2 fully saturated rings. The lowest BCUT2D eigenvalue weighted by Crippen LogP contribution is -1.94. The van der Waals surface area contributed by atoms with Gasteiger partial charge in [-0.3, -0.25) is 4.79 Å². The van der Waals surface area contributed by atoms with Crippen molar-refractivity contribution in [2.24, 2.45) is 10.8 Å². The molecule has 2 aliphatic carbocycles. The van der Waals surface area contributed by atoms with Crippen molar-refractivity contribution in [2.75, 3.05) is 0 Å². The zero-order valence-corrected chi connectivity index (χ0v) is 15.3. The van der Waals surface area contributed by atoms with Gasteiger partial charge in [0.25, 0.3) is 0 Å². The van der Waals surface area contributed by atoms with Crippen LogP contribution in [0.5, 0.6) is 0 Å². The van der Waals surface area contributed by atoms with Crippen molar-refractivity contribution in [1.82, 2.24) is 0 Å². The minimum absolute atomic E-state index is 0.323. The quantitative estimate of drug-likeness (QED) is 0.311. The Morgan fingerprint density at radius 2 is 1.38 bits per heavy atom. The fraction of sp³-hybridized carbons (Fsp3) is 0.682. The molecule has 0 aromatic rings. The highest BCUT2D eigenvalue weighted by Crippen LogP contribution is 2.53. The van der Waals surface area contributed by atoms with Crippen LogP contribution < -0.4 is 0 Å². The van der Waals surface area contributed by atoms with Crippen LogP contribution >= 0.6 is 0 Å². The van der Waals surface area contributed by atoms with E-state index in [1.54, 1.807) is 0 Å². The van der Waals surface area contributed by atoms with Gasteiger partial charge < -0.3 is 5.11 Å². The highest BCUT2D eigenvalue weighted by atomic mass is 16.4. The number of carboxylic acid groups (broad SMARTS) is 1. The van der Waals surface area contributed by atoms with E-state index >= 15 is 0 Å². The van der Waals surface area contributed by atoms with Crippen LogP contribution in [0, 0.1) is 10.8 Å². The molecule has 0 spiro atoms. The monoisotopic (exact) mass is 330 g/mol. The summed E-state index contributed by atoms with van der Waals surface area (Å²) in [6.07, 6.45) is 27.8. The summed E-state index contributed by atoms with van der Waals surface area (Å²) in [7, 11) is 0. The van der Waals surface area contributed by atoms with Crippen molar-refractivity contribution in [2.45, 2.75) is 84.0 Å². The van der Waals surface area contributed by atoms with Gasteiger partial charge >= 0.3 is 5.97 Å². The third kappa shape index (κ3) is 7.07. The van der Waals surface area contributed by atoms with Crippen molar-refractivity contribution >= 4 is 5.97 Å². The Labute approximate surface area is 147 Å². The normalized spacial score (nSPS) is 21.0. The van der Waals surface area contributed by atoms with Gasteiger partial charge in [-0.2, -0.15) is 0 Å². The van der Waals surface area contributed by atoms with Crippen molar-refractivity contribution in [1.29, 1.82) is 0 Å². The van der Waals surface area contributed by atoms with Crippen molar-refractivity contribution in [3.8, 4) is 0 Å². The number of hydrogen-bond acceptors (Lipinski definition) is 1. The molecular formula is C22H34O2. The zero-order chi connectivity index (χ0) is 17.3. The lowest BCUT2D eigenvalue weighted by atomic mass is 9.98. The number of carboxylic acids is 1. The molecular weight excluding hydrogens is 296 g/mol. The van der Waals surface area contributed by atoms with E-state index in [0.29, 0.717) is 17.3 Å². The summed E-state index contributed by atoms with van der Waals surface area (Å²) in [5.41, 5.74) is 0.770. The van der Waals surface area contributed by atoms with Crippen molar-refractivity contribution < 1.29 is 9.90 Å². The first-order valence-electron chi connectivity index (χ1n) is 9.87. The summed E-state index contributed by atoms with van der Waals surface area (Å²) >= 11 is 0. The smallest absolute Gasteiger partial charge is 0.303 e. The average molecular weight is 331 g/mol. The maximum Gasteiger partial charge on any atom is 0.303 e. The second-order valence-corrected chi connectivity index (χ2v) is 7.71. The van der Waals surface area contributed by atoms with Gasteiger partial charge in [0.05, 0.1) is 0 Å². The molecule has 2 nitrogen and oxygen atoms in total. The predicted molar refractivity (Wildman–Crippen MR) is 101 cm³/mol. The summed E-state index contributed by atoms with van der Waals surface area (Å²) in [6, 6.07) is 0. The Balaban J connectivity index is 1.58. The Morgan fingerprint density at radius 3 is 1.92 bits per heavy atom.